The number of hydrogen-bond donors (Lipinski definition) is 5. The van der Waals surface area contributed by atoms with Crippen LogP contribution in [0.4, 0.5) is 16.2 Å². The van der Waals surface area contributed by atoms with Gasteiger partial charge in [-0.15, -0.1) is 0 Å². The van der Waals surface area contributed by atoms with E-state index in [9.17, 15) is 18.3 Å². The highest BCUT2D eigenvalue weighted by Gasteiger charge is 2.15. The van der Waals surface area contributed by atoms with E-state index >= 15 is 0 Å². The van der Waals surface area contributed by atoms with Gasteiger partial charge in [-0.1, -0.05) is 43.5 Å². The minimum atomic E-state index is -3.78. The minimum absolute atomic E-state index is 0.0943. The van der Waals surface area contributed by atoms with Crippen LogP contribution in [0.1, 0.15) is 55.7 Å². The summed E-state index contributed by atoms with van der Waals surface area (Å²) in [5.74, 6) is 0.427. The SMILES string of the molecule is CCCCCCNC(=O)Nc1ccc(S(=O)(=O)Nc2ccc(CCNCC(O)c3cc(C)no3)cc2)cc1. The molecule has 3 aromatic rings. The predicted molar refractivity (Wildman–Crippen MR) is 148 cm³/mol. The Labute approximate surface area is 224 Å². The monoisotopic (exact) mass is 543 g/mol. The van der Waals surface area contributed by atoms with Gasteiger partial charge in [-0.2, -0.15) is 0 Å². The highest BCUT2D eigenvalue weighted by Crippen LogP contribution is 2.19. The number of unbranched alkanes of at least 4 members (excludes halogenated alkanes) is 3. The molecule has 2 amide bonds. The van der Waals surface area contributed by atoms with Gasteiger partial charge in [0.1, 0.15) is 6.10 Å². The van der Waals surface area contributed by atoms with Crippen LogP contribution in [-0.4, -0.2) is 44.3 Å². The predicted octanol–water partition coefficient (Wildman–Crippen LogP) is 4.35. The van der Waals surface area contributed by atoms with Crippen molar-refractivity contribution in [2.75, 3.05) is 29.7 Å². The number of nitrogens with one attached hydrogen (secondary N) is 4. The number of aliphatic hydroxyl groups is 1. The Morgan fingerprint density at radius 2 is 1.71 bits per heavy atom. The van der Waals surface area contributed by atoms with Crippen LogP contribution in [0.15, 0.2) is 64.0 Å². The topological polar surface area (TPSA) is 146 Å². The summed E-state index contributed by atoms with van der Waals surface area (Å²) in [6, 6.07) is 14.5. The Bertz CT molecular complexity index is 1240. The number of carbonyl (C=O) groups is 1. The van der Waals surface area contributed by atoms with Gasteiger partial charge in [0.2, 0.25) is 0 Å². The summed E-state index contributed by atoms with van der Waals surface area (Å²) in [6.45, 7) is 5.50. The molecule has 1 aromatic heterocycles. The van der Waals surface area contributed by atoms with Crippen LogP contribution in [0.25, 0.3) is 0 Å². The number of sulfonamides is 1. The van der Waals surface area contributed by atoms with Gasteiger partial charge in [-0.05, 0) is 68.3 Å². The van der Waals surface area contributed by atoms with Gasteiger partial charge in [0.25, 0.3) is 10.0 Å². The zero-order valence-corrected chi connectivity index (χ0v) is 22.7. The molecule has 0 aliphatic rings. The first kappa shape index (κ1) is 29.2. The molecule has 206 valence electrons. The van der Waals surface area contributed by atoms with Gasteiger partial charge in [-0.3, -0.25) is 4.72 Å². The van der Waals surface area contributed by atoms with Crippen LogP contribution in [0.2, 0.25) is 0 Å². The van der Waals surface area contributed by atoms with Crippen LogP contribution in [-0.2, 0) is 16.4 Å². The molecule has 0 saturated carbocycles. The molecular formula is C27H37N5O5S. The molecule has 1 heterocycles. The third kappa shape index (κ3) is 9.47. The normalized spacial score (nSPS) is 12.2. The molecule has 1 atom stereocenters. The quantitative estimate of drug-likeness (QED) is 0.179. The summed E-state index contributed by atoms with van der Waals surface area (Å²) >= 11 is 0. The maximum absolute atomic E-state index is 12.8. The number of hydrogen-bond acceptors (Lipinski definition) is 7. The van der Waals surface area contributed by atoms with Crippen molar-refractivity contribution in [3.8, 4) is 0 Å². The van der Waals surface area contributed by atoms with Crippen molar-refractivity contribution in [1.29, 1.82) is 0 Å². The second kappa shape index (κ2) is 14.5. The van der Waals surface area contributed by atoms with Crippen molar-refractivity contribution < 1.29 is 22.8 Å². The lowest BCUT2D eigenvalue weighted by Gasteiger charge is -2.11. The van der Waals surface area contributed by atoms with E-state index in [-0.39, 0.29) is 10.9 Å². The van der Waals surface area contributed by atoms with Crippen LogP contribution in [0, 0.1) is 6.92 Å². The Morgan fingerprint density at radius 3 is 2.37 bits per heavy atom. The lowest BCUT2D eigenvalue weighted by Crippen LogP contribution is -2.29. The van der Waals surface area contributed by atoms with Crippen molar-refractivity contribution in [1.82, 2.24) is 15.8 Å². The van der Waals surface area contributed by atoms with Crippen LogP contribution >= 0.6 is 0 Å². The average molecular weight is 544 g/mol. The standard InChI is InChI=1S/C27H37N5O5S/c1-3-4-5-6-16-29-27(34)30-22-11-13-24(14-12-22)38(35,36)32-23-9-7-21(8-10-23)15-17-28-19-25(33)26-18-20(2)31-37-26/h7-14,18,25,28,32-33H,3-6,15-17,19H2,1-2H3,(H2,29,30,34). The summed E-state index contributed by atoms with van der Waals surface area (Å²) in [5, 5.41) is 22.5. The van der Waals surface area contributed by atoms with Crippen molar-refractivity contribution in [3.05, 3.63) is 71.6 Å². The fraction of sp³-hybridized carbons (Fsp3) is 0.407. The molecule has 0 saturated heterocycles. The highest BCUT2D eigenvalue weighted by atomic mass is 32.2. The maximum Gasteiger partial charge on any atom is 0.319 e. The summed E-state index contributed by atoms with van der Waals surface area (Å²) < 4.78 is 33.2. The molecule has 0 fully saturated rings. The Hall–Kier alpha value is -3.41. The van der Waals surface area contributed by atoms with Gasteiger partial charge in [0, 0.05) is 30.5 Å². The van der Waals surface area contributed by atoms with E-state index < -0.39 is 16.1 Å². The third-order valence-corrected chi connectivity index (χ3v) is 7.24. The number of urea groups is 1. The summed E-state index contributed by atoms with van der Waals surface area (Å²) in [6.07, 6.45) is 4.22. The largest absolute Gasteiger partial charge is 0.384 e. The number of nitrogens with zero attached hydrogens (tertiary/aromatic N) is 1. The van der Waals surface area contributed by atoms with Crippen LogP contribution < -0.4 is 20.7 Å². The molecule has 0 bridgehead atoms. The van der Waals surface area contributed by atoms with Crippen LogP contribution in [0.5, 0.6) is 0 Å². The van der Waals surface area contributed by atoms with Crippen molar-refractivity contribution in [2.24, 2.45) is 0 Å². The number of aromatic nitrogens is 1. The van der Waals surface area contributed by atoms with Gasteiger partial charge >= 0.3 is 6.03 Å². The van der Waals surface area contributed by atoms with Crippen LogP contribution in [0.3, 0.4) is 0 Å². The number of rotatable bonds is 15. The van der Waals surface area contributed by atoms with Gasteiger partial charge < -0.3 is 25.6 Å². The van der Waals surface area contributed by atoms with Gasteiger partial charge in [0.15, 0.2) is 5.76 Å². The second-order valence-electron chi connectivity index (χ2n) is 9.11. The summed E-state index contributed by atoms with van der Waals surface area (Å²) in [7, 11) is -3.78. The van der Waals surface area contributed by atoms with Gasteiger partial charge in [-0.25, -0.2) is 13.2 Å². The molecular weight excluding hydrogens is 506 g/mol. The van der Waals surface area contributed by atoms with Crippen molar-refractivity contribution in [3.63, 3.8) is 0 Å². The molecule has 2 aromatic carbocycles. The first-order chi connectivity index (χ1) is 18.3. The zero-order chi connectivity index (χ0) is 27.4. The Balaban J connectivity index is 1.42. The minimum Gasteiger partial charge on any atom is -0.384 e. The molecule has 10 nitrogen and oxygen atoms in total. The van der Waals surface area contributed by atoms with Gasteiger partial charge in [0.05, 0.1) is 10.6 Å². The smallest absolute Gasteiger partial charge is 0.319 e. The second-order valence-corrected chi connectivity index (χ2v) is 10.8. The van der Waals surface area contributed by atoms with Crippen molar-refractivity contribution >= 4 is 27.4 Å². The molecule has 0 aliphatic carbocycles. The van der Waals surface area contributed by atoms with E-state index in [1.54, 1.807) is 37.3 Å². The molecule has 3 rings (SSSR count). The fourth-order valence-electron chi connectivity index (χ4n) is 3.71. The number of carbonyl (C=O) groups excluding carboxylic acids is 1. The molecule has 0 aliphatic heterocycles. The summed E-state index contributed by atoms with van der Waals surface area (Å²) in [4.78, 5) is 12.1. The zero-order valence-electron chi connectivity index (χ0n) is 21.9. The van der Waals surface area contributed by atoms with E-state index in [1.165, 1.54) is 12.1 Å². The Morgan fingerprint density at radius 1 is 1.00 bits per heavy atom. The van der Waals surface area contributed by atoms with E-state index in [0.29, 0.717) is 43.2 Å². The maximum atomic E-state index is 12.8. The highest BCUT2D eigenvalue weighted by molar-refractivity contribution is 7.92. The first-order valence-electron chi connectivity index (χ1n) is 12.9. The fourth-order valence-corrected chi connectivity index (χ4v) is 4.77. The lowest BCUT2D eigenvalue weighted by molar-refractivity contribution is 0.138. The lowest BCUT2D eigenvalue weighted by atomic mass is 10.1. The molecule has 1 unspecified atom stereocenters. The molecule has 38 heavy (non-hydrogen) atoms. The number of benzene rings is 2. The molecule has 11 heteroatoms. The summed E-state index contributed by atoms with van der Waals surface area (Å²) in [5.41, 5.74) is 2.69. The number of amides is 2. The number of aliphatic hydroxyl groups excluding tert-OH is 1. The molecule has 5 N–H and O–H groups in total. The van der Waals surface area contributed by atoms with E-state index in [4.69, 9.17) is 4.52 Å². The number of anilines is 2. The Kier molecular flexibility index (Phi) is 11.1. The van der Waals surface area contributed by atoms with E-state index in [2.05, 4.69) is 32.8 Å². The molecule has 0 spiro atoms. The molecule has 0 radical (unpaired) electrons. The first-order valence-corrected chi connectivity index (χ1v) is 14.3. The van der Waals surface area contributed by atoms with E-state index in [0.717, 1.165) is 36.9 Å². The number of aryl methyl sites for hydroxylation is 1. The average Bonchev–Trinajstić information content (AvgIpc) is 3.34. The van der Waals surface area contributed by atoms with E-state index in [1.807, 2.05) is 12.1 Å². The van der Waals surface area contributed by atoms with Crippen molar-refractivity contribution in [2.45, 2.75) is 57.0 Å². The third-order valence-electron chi connectivity index (χ3n) is 5.85.